The van der Waals surface area contributed by atoms with E-state index in [0.717, 1.165) is 29.2 Å². The zero-order chi connectivity index (χ0) is 18.2. The molecule has 2 aromatic rings. The van der Waals surface area contributed by atoms with Crippen molar-refractivity contribution in [3.63, 3.8) is 0 Å². The van der Waals surface area contributed by atoms with Gasteiger partial charge in [-0.2, -0.15) is 0 Å². The summed E-state index contributed by atoms with van der Waals surface area (Å²) in [6, 6.07) is 1.93. The van der Waals surface area contributed by atoms with E-state index in [1.165, 1.54) is 11.3 Å². The summed E-state index contributed by atoms with van der Waals surface area (Å²) in [6.45, 7) is 8.79. The maximum absolute atomic E-state index is 12.0. The van der Waals surface area contributed by atoms with Crippen LogP contribution in [0.4, 0.5) is 11.1 Å². The minimum Gasteiger partial charge on any atom is -0.354 e. The molecular weight excluding hydrogens is 336 g/mol. The molecule has 7 nitrogen and oxygen atoms in total. The van der Waals surface area contributed by atoms with E-state index >= 15 is 0 Å². The smallest absolute Gasteiger partial charge is 0.226 e. The number of aromatic nitrogens is 4. The van der Waals surface area contributed by atoms with Gasteiger partial charge in [-0.3, -0.25) is 4.79 Å². The van der Waals surface area contributed by atoms with Gasteiger partial charge in [0.15, 0.2) is 0 Å². The van der Waals surface area contributed by atoms with Crippen molar-refractivity contribution in [3.05, 3.63) is 22.5 Å². The Hall–Kier alpha value is -2.09. The van der Waals surface area contributed by atoms with Crippen LogP contribution in [0.3, 0.4) is 0 Å². The van der Waals surface area contributed by atoms with Crippen LogP contribution in [0.5, 0.6) is 0 Å². The number of rotatable bonds is 9. The van der Waals surface area contributed by atoms with Crippen LogP contribution in [0.1, 0.15) is 61.8 Å². The van der Waals surface area contributed by atoms with Crippen LogP contribution in [0.2, 0.25) is 0 Å². The normalized spacial score (nSPS) is 10.9. The van der Waals surface area contributed by atoms with Gasteiger partial charge in [0.1, 0.15) is 5.01 Å². The highest BCUT2D eigenvalue weighted by atomic mass is 32.1. The van der Waals surface area contributed by atoms with Crippen LogP contribution in [-0.4, -0.2) is 32.6 Å². The molecule has 0 aromatic carbocycles. The molecule has 25 heavy (non-hydrogen) atoms. The fourth-order valence-electron chi connectivity index (χ4n) is 2.52. The second-order valence-electron chi connectivity index (χ2n) is 6.01. The Kier molecular flexibility index (Phi) is 7.24. The third kappa shape index (κ3) is 6.04. The molecule has 0 aliphatic heterocycles. The molecule has 1 amide bonds. The lowest BCUT2D eigenvalue weighted by molar-refractivity contribution is -0.116. The molecule has 0 fully saturated rings. The summed E-state index contributed by atoms with van der Waals surface area (Å²) >= 11 is 1.47. The summed E-state index contributed by atoms with van der Waals surface area (Å²) < 4.78 is 0. The maximum Gasteiger partial charge on any atom is 0.226 e. The van der Waals surface area contributed by atoms with Crippen LogP contribution in [0.25, 0.3) is 0 Å². The molecule has 0 radical (unpaired) electrons. The molecular formula is C17H26N6OS. The highest BCUT2D eigenvalue weighted by molar-refractivity contribution is 7.15. The number of carbonyl (C=O) groups is 1. The Bertz CT molecular complexity index is 678. The largest absolute Gasteiger partial charge is 0.354 e. The second kappa shape index (κ2) is 9.41. The highest BCUT2D eigenvalue weighted by Crippen LogP contribution is 2.28. The van der Waals surface area contributed by atoms with Crippen molar-refractivity contribution in [2.24, 2.45) is 0 Å². The molecule has 0 aliphatic carbocycles. The van der Waals surface area contributed by atoms with Crippen molar-refractivity contribution in [2.45, 2.75) is 59.3 Å². The molecule has 0 spiro atoms. The molecule has 0 unspecified atom stereocenters. The fourth-order valence-corrected chi connectivity index (χ4v) is 3.55. The van der Waals surface area contributed by atoms with E-state index in [0.29, 0.717) is 36.4 Å². The number of nitrogens with one attached hydrogen (secondary N) is 2. The van der Waals surface area contributed by atoms with Crippen molar-refractivity contribution in [1.29, 1.82) is 0 Å². The maximum atomic E-state index is 12.0. The standard InChI is InChI=1S/C17H26N6OS/c1-5-13(6-2)15-22-23-17(25-15)21-14(24)8-7-9-18-16-19-11(3)10-12(4)20-16/h10,13H,5-9H2,1-4H3,(H,18,19,20)(H,21,23,24). The van der Waals surface area contributed by atoms with Gasteiger partial charge in [0.25, 0.3) is 0 Å². The zero-order valence-electron chi connectivity index (χ0n) is 15.3. The highest BCUT2D eigenvalue weighted by Gasteiger charge is 2.14. The molecule has 2 N–H and O–H groups in total. The van der Waals surface area contributed by atoms with Crippen LogP contribution < -0.4 is 10.6 Å². The van der Waals surface area contributed by atoms with Gasteiger partial charge in [0.05, 0.1) is 0 Å². The Morgan fingerprint density at radius 1 is 1.16 bits per heavy atom. The summed E-state index contributed by atoms with van der Waals surface area (Å²) in [6.07, 6.45) is 3.18. The first-order valence-electron chi connectivity index (χ1n) is 8.71. The van der Waals surface area contributed by atoms with Crippen LogP contribution in [0, 0.1) is 13.8 Å². The van der Waals surface area contributed by atoms with Gasteiger partial charge in [0, 0.05) is 30.3 Å². The monoisotopic (exact) mass is 362 g/mol. The lowest BCUT2D eigenvalue weighted by Gasteiger charge is -2.06. The van der Waals surface area contributed by atoms with Gasteiger partial charge < -0.3 is 10.6 Å². The van der Waals surface area contributed by atoms with Gasteiger partial charge in [-0.05, 0) is 39.2 Å². The zero-order valence-corrected chi connectivity index (χ0v) is 16.1. The van der Waals surface area contributed by atoms with Crippen LogP contribution in [0.15, 0.2) is 6.07 Å². The summed E-state index contributed by atoms with van der Waals surface area (Å²) in [4.78, 5) is 20.6. The van der Waals surface area contributed by atoms with Gasteiger partial charge in [-0.25, -0.2) is 9.97 Å². The number of hydrogen-bond acceptors (Lipinski definition) is 7. The predicted molar refractivity (Wildman–Crippen MR) is 101 cm³/mol. The number of amides is 1. The van der Waals surface area contributed by atoms with Gasteiger partial charge in [0.2, 0.25) is 17.0 Å². The van der Waals surface area contributed by atoms with Crippen molar-refractivity contribution in [1.82, 2.24) is 20.2 Å². The van der Waals surface area contributed by atoms with Crippen molar-refractivity contribution in [2.75, 3.05) is 17.2 Å². The molecule has 2 rings (SSSR count). The molecule has 2 heterocycles. The lowest BCUT2D eigenvalue weighted by atomic mass is 10.1. The minimum absolute atomic E-state index is 0.0459. The molecule has 8 heteroatoms. The first-order valence-corrected chi connectivity index (χ1v) is 9.52. The van der Waals surface area contributed by atoms with E-state index in [9.17, 15) is 4.79 Å². The minimum atomic E-state index is -0.0459. The number of carbonyl (C=O) groups excluding carboxylic acids is 1. The molecule has 0 saturated heterocycles. The summed E-state index contributed by atoms with van der Waals surface area (Å²) in [5, 5.41) is 15.8. The SMILES string of the molecule is CCC(CC)c1nnc(NC(=O)CCCNc2nc(C)cc(C)n2)s1. The quantitative estimate of drug-likeness (QED) is 0.661. The van der Waals surface area contributed by atoms with Crippen molar-refractivity contribution < 1.29 is 4.79 Å². The summed E-state index contributed by atoms with van der Waals surface area (Å²) in [5.41, 5.74) is 1.86. The molecule has 2 aromatic heterocycles. The number of aryl methyl sites for hydroxylation is 2. The molecule has 0 atom stereocenters. The average Bonchev–Trinajstić information content (AvgIpc) is 3.00. The third-order valence-corrected chi connectivity index (χ3v) is 4.87. The van der Waals surface area contributed by atoms with E-state index in [-0.39, 0.29) is 5.91 Å². The van der Waals surface area contributed by atoms with Gasteiger partial charge in [-0.1, -0.05) is 25.2 Å². The van der Waals surface area contributed by atoms with Gasteiger partial charge >= 0.3 is 0 Å². The Labute approximate surface area is 152 Å². The average molecular weight is 363 g/mol. The molecule has 0 bridgehead atoms. The summed E-state index contributed by atoms with van der Waals surface area (Å²) in [5.74, 6) is 0.984. The Morgan fingerprint density at radius 3 is 2.48 bits per heavy atom. The van der Waals surface area contributed by atoms with E-state index in [1.54, 1.807) is 0 Å². The number of anilines is 2. The van der Waals surface area contributed by atoms with Crippen LogP contribution >= 0.6 is 11.3 Å². The first kappa shape index (κ1) is 19.2. The summed E-state index contributed by atoms with van der Waals surface area (Å²) in [7, 11) is 0. The molecule has 136 valence electrons. The Balaban J connectivity index is 1.74. The number of hydrogen-bond donors (Lipinski definition) is 2. The first-order chi connectivity index (χ1) is 12.0. The second-order valence-corrected chi connectivity index (χ2v) is 7.02. The lowest BCUT2D eigenvalue weighted by Crippen LogP contribution is -2.14. The topological polar surface area (TPSA) is 92.7 Å². The van der Waals surface area contributed by atoms with Crippen molar-refractivity contribution in [3.8, 4) is 0 Å². The third-order valence-electron chi connectivity index (χ3n) is 3.87. The van der Waals surface area contributed by atoms with E-state index in [4.69, 9.17) is 0 Å². The van der Waals surface area contributed by atoms with E-state index < -0.39 is 0 Å². The van der Waals surface area contributed by atoms with E-state index in [2.05, 4.69) is 44.6 Å². The van der Waals surface area contributed by atoms with E-state index in [1.807, 2.05) is 19.9 Å². The predicted octanol–water partition coefficient (Wildman–Crippen LogP) is 3.68. The number of nitrogens with zero attached hydrogens (tertiary/aromatic N) is 4. The molecule has 0 saturated carbocycles. The van der Waals surface area contributed by atoms with Crippen molar-refractivity contribution >= 4 is 28.3 Å². The van der Waals surface area contributed by atoms with Gasteiger partial charge in [-0.15, -0.1) is 10.2 Å². The Morgan fingerprint density at radius 2 is 1.84 bits per heavy atom. The van der Waals surface area contributed by atoms with Crippen LogP contribution in [-0.2, 0) is 4.79 Å². The fraction of sp³-hybridized carbons (Fsp3) is 0.588. The molecule has 0 aliphatic rings.